The molecule has 0 radical (unpaired) electrons. The van der Waals surface area contributed by atoms with Gasteiger partial charge in [0.2, 0.25) is 0 Å². The standard InChI is InChI=1S/C10H17N5/c1-15-7-3-2-5-11-10(15)12-8-9-4-6-13-14-9/h4,6H,2-3,5,7-8H2,1H3,(H,11,12)(H,13,14). The van der Waals surface area contributed by atoms with Gasteiger partial charge in [0.25, 0.3) is 0 Å². The van der Waals surface area contributed by atoms with Crippen molar-refractivity contribution in [2.45, 2.75) is 19.4 Å². The zero-order valence-corrected chi connectivity index (χ0v) is 9.03. The molecule has 15 heavy (non-hydrogen) atoms. The summed E-state index contributed by atoms with van der Waals surface area (Å²) in [6, 6.07) is 1.96. The summed E-state index contributed by atoms with van der Waals surface area (Å²) in [6.07, 6.45) is 4.16. The van der Waals surface area contributed by atoms with Gasteiger partial charge in [-0.2, -0.15) is 5.10 Å². The van der Waals surface area contributed by atoms with Crippen LogP contribution in [0.4, 0.5) is 0 Å². The van der Waals surface area contributed by atoms with E-state index in [1.807, 2.05) is 6.07 Å². The van der Waals surface area contributed by atoms with Crippen LogP contribution in [0.15, 0.2) is 17.3 Å². The van der Waals surface area contributed by atoms with Crippen molar-refractivity contribution in [2.75, 3.05) is 20.1 Å². The van der Waals surface area contributed by atoms with Gasteiger partial charge >= 0.3 is 0 Å². The zero-order valence-electron chi connectivity index (χ0n) is 9.03. The summed E-state index contributed by atoms with van der Waals surface area (Å²) in [4.78, 5) is 6.67. The normalized spacial score (nSPS) is 17.1. The number of nitrogens with zero attached hydrogens (tertiary/aromatic N) is 3. The number of hydrogen-bond acceptors (Lipinski definition) is 4. The fourth-order valence-electron chi connectivity index (χ4n) is 1.62. The fraction of sp³-hybridized carbons (Fsp3) is 0.600. The summed E-state index contributed by atoms with van der Waals surface area (Å²) in [6.45, 7) is 2.76. The third-order valence-electron chi connectivity index (χ3n) is 2.52. The number of nitrogens with one attached hydrogen (secondary N) is 2. The van der Waals surface area contributed by atoms with Crippen LogP contribution in [0.2, 0.25) is 0 Å². The van der Waals surface area contributed by atoms with Crippen molar-refractivity contribution in [3.63, 3.8) is 0 Å². The maximum absolute atomic E-state index is 4.50. The van der Waals surface area contributed by atoms with Crippen LogP contribution in [0.1, 0.15) is 18.5 Å². The minimum atomic E-state index is 0.753. The molecule has 2 rings (SSSR count). The van der Waals surface area contributed by atoms with Gasteiger partial charge in [0.15, 0.2) is 5.96 Å². The molecule has 5 heteroatoms. The monoisotopic (exact) mass is 207 g/mol. The van der Waals surface area contributed by atoms with E-state index in [2.05, 4.69) is 32.5 Å². The number of H-pyrrole nitrogens is 1. The summed E-state index contributed by atoms with van der Waals surface area (Å²) in [7, 11) is 2.07. The zero-order chi connectivity index (χ0) is 10.5. The second-order valence-electron chi connectivity index (χ2n) is 3.77. The summed E-state index contributed by atoms with van der Waals surface area (Å²) in [5, 5.41) is 10.1. The molecule has 0 aliphatic carbocycles. The number of rotatable bonds is 2. The molecule has 0 fully saturated rings. The molecule has 1 aliphatic heterocycles. The number of aliphatic imine (C=N–C) groups is 1. The van der Waals surface area contributed by atoms with Gasteiger partial charge < -0.3 is 10.2 Å². The lowest BCUT2D eigenvalue weighted by atomic mass is 10.3. The second kappa shape index (κ2) is 4.82. The molecular weight excluding hydrogens is 190 g/mol. The van der Waals surface area contributed by atoms with Gasteiger partial charge in [-0.05, 0) is 18.9 Å². The van der Waals surface area contributed by atoms with E-state index in [1.165, 1.54) is 12.8 Å². The lowest BCUT2D eigenvalue weighted by Crippen LogP contribution is -2.38. The largest absolute Gasteiger partial charge is 0.351 e. The van der Waals surface area contributed by atoms with Crippen LogP contribution in [0.3, 0.4) is 0 Å². The number of aromatic amines is 1. The predicted octanol–water partition coefficient (Wildman–Crippen LogP) is 0.581. The molecule has 82 valence electrons. The number of guanidine groups is 1. The molecule has 2 heterocycles. The first-order chi connectivity index (χ1) is 7.36. The van der Waals surface area contributed by atoms with E-state index < -0.39 is 0 Å². The Bertz CT molecular complexity index is 317. The van der Waals surface area contributed by atoms with E-state index in [4.69, 9.17) is 0 Å². The van der Waals surface area contributed by atoms with E-state index in [9.17, 15) is 0 Å². The van der Waals surface area contributed by atoms with Gasteiger partial charge in [-0.1, -0.05) is 0 Å². The van der Waals surface area contributed by atoms with Gasteiger partial charge in [0.1, 0.15) is 0 Å². The van der Waals surface area contributed by atoms with Crippen LogP contribution < -0.4 is 5.32 Å². The molecule has 0 atom stereocenters. The van der Waals surface area contributed by atoms with Gasteiger partial charge in [-0.25, -0.2) is 0 Å². The predicted molar refractivity (Wildman–Crippen MR) is 59.6 cm³/mol. The van der Waals surface area contributed by atoms with Crippen LogP contribution >= 0.6 is 0 Å². The number of aromatic nitrogens is 2. The van der Waals surface area contributed by atoms with E-state index in [0.717, 1.165) is 31.3 Å². The SMILES string of the molecule is CN1CCCCN=C1NCc1ccn[nH]1. The Morgan fingerprint density at radius 2 is 2.47 bits per heavy atom. The van der Waals surface area contributed by atoms with Crippen LogP contribution in [-0.2, 0) is 6.54 Å². The van der Waals surface area contributed by atoms with Crippen molar-refractivity contribution < 1.29 is 0 Å². The average Bonchev–Trinajstić information content (AvgIpc) is 2.67. The highest BCUT2D eigenvalue weighted by Gasteiger charge is 2.08. The molecule has 0 spiro atoms. The van der Waals surface area contributed by atoms with Crippen molar-refractivity contribution in [1.29, 1.82) is 0 Å². The summed E-state index contributed by atoms with van der Waals surface area (Å²) < 4.78 is 0. The molecular formula is C10H17N5. The number of hydrogen-bond donors (Lipinski definition) is 2. The third-order valence-corrected chi connectivity index (χ3v) is 2.52. The quantitative estimate of drug-likeness (QED) is 0.746. The van der Waals surface area contributed by atoms with E-state index >= 15 is 0 Å². The molecule has 1 aliphatic rings. The Balaban J connectivity index is 1.89. The molecule has 0 saturated heterocycles. The van der Waals surface area contributed by atoms with Crippen molar-refractivity contribution >= 4 is 5.96 Å². The van der Waals surface area contributed by atoms with Gasteiger partial charge in [0.05, 0.1) is 12.2 Å². The van der Waals surface area contributed by atoms with Crippen LogP contribution in [-0.4, -0.2) is 41.2 Å². The Morgan fingerprint density at radius 1 is 1.53 bits per heavy atom. The highest BCUT2D eigenvalue weighted by atomic mass is 15.3. The fourth-order valence-corrected chi connectivity index (χ4v) is 1.62. The molecule has 1 aromatic heterocycles. The minimum Gasteiger partial charge on any atom is -0.351 e. The Hall–Kier alpha value is -1.52. The van der Waals surface area contributed by atoms with Crippen molar-refractivity contribution in [3.8, 4) is 0 Å². The maximum atomic E-state index is 4.50. The van der Waals surface area contributed by atoms with Crippen LogP contribution in [0.25, 0.3) is 0 Å². The van der Waals surface area contributed by atoms with Gasteiger partial charge in [-0.15, -0.1) is 0 Å². The summed E-state index contributed by atoms with van der Waals surface area (Å²) in [5.74, 6) is 0.988. The third kappa shape index (κ3) is 2.71. The molecule has 2 N–H and O–H groups in total. The Kier molecular flexibility index (Phi) is 3.22. The van der Waals surface area contributed by atoms with E-state index in [0.29, 0.717) is 0 Å². The van der Waals surface area contributed by atoms with Crippen LogP contribution in [0.5, 0.6) is 0 Å². The van der Waals surface area contributed by atoms with Gasteiger partial charge in [-0.3, -0.25) is 10.1 Å². The minimum absolute atomic E-state index is 0.753. The summed E-state index contributed by atoms with van der Waals surface area (Å²) in [5.41, 5.74) is 1.08. The van der Waals surface area contributed by atoms with Gasteiger partial charge in [0, 0.05) is 26.3 Å². The molecule has 0 saturated carbocycles. The first-order valence-electron chi connectivity index (χ1n) is 5.34. The van der Waals surface area contributed by atoms with Crippen molar-refractivity contribution in [3.05, 3.63) is 18.0 Å². The molecule has 0 amide bonds. The highest BCUT2D eigenvalue weighted by molar-refractivity contribution is 5.79. The topological polar surface area (TPSA) is 56.3 Å². The molecule has 0 aromatic carbocycles. The first-order valence-corrected chi connectivity index (χ1v) is 5.34. The average molecular weight is 207 g/mol. The van der Waals surface area contributed by atoms with Crippen LogP contribution in [0, 0.1) is 0 Å². The van der Waals surface area contributed by atoms with E-state index in [-0.39, 0.29) is 0 Å². The summed E-state index contributed by atoms with van der Waals surface area (Å²) >= 11 is 0. The molecule has 5 nitrogen and oxygen atoms in total. The molecule has 0 unspecified atom stereocenters. The first kappa shape index (κ1) is 10.0. The molecule has 1 aromatic rings. The highest BCUT2D eigenvalue weighted by Crippen LogP contribution is 2.01. The smallest absolute Gasteiger partial charge is 0.193 e. The lowest BCUT2D eigenvalue weighted by Gasteiger charge is -2.19. The van der Waals surface area contributed by atoms with Crippen molar-refractivity contribution in [1.82, 2.24) is 20.4 Å². The lowest BCUT2D eigenvalue weighted by molar-refractivity contribution is 0.477. The van der Waals surface area contributed by atoms with Crippen molar-refractivity contribution in [2.24, 2.45) is 4.99 Å². The maximum Gasteiger partial charge on any atom is 0.193 e. The van der Waals surface area contributed by atoms with E-state index in [1.54, 1.807) is 6.20 Å². The molecule has 0 bridgehead atoms. The second-order valence-corrected chi connectivity index (χ2v) is 3.77. The Morgan fingerprint density at radius 3 is 3.27 bits per heavy atom. The Labute approximate surface area is 89.6 Å².